The number of ether oxygens (including phenoxy) is 2. The van der Waals surface area contributed by atoms with Crippen molar-refractivity contribution in [3.63, 3.8) is 0 Å². The van der Waals surface area contributed by atoms with E-state index in [4.69, 9.17) is 9.47 Å². The van der Waals surface area contributed by atoms with Crippen LogP contribution in [0.5, 0.6) is 11.5 Å². The second-order valence-electron chi connectivity index (χ2n) is 5.16. The van der Waals surface area contributed by atoms with Crippen LogP contribution in [0.2, 0.25) is 0 Å². The monoisotopic (exact) mass is 337 g/mol. The molecule has 0 saturated carbocycles. The van der Waals surface area contributed by atoms with E-state index in [1.165, 1.54) is 26.8 Å². The molecule has 0 aliphatic rings. The molecule has 0 aliphatic heterocycles. The van der Waals surface area contributed by atoms with Crippen LogP contribution in [0.15, 0.2) is 12.1 Å². The minimum Gasteiger partial charge on any atom is -0.480 e. The van der Waals surface area contributed by atoms with Crippen LogP contribution in [-0.2, 0) is 25.6 Å². The predicted molar refractivity (Wildman–Crippen MR) is 82.7 cm³/mol. The summed E-state index contributed by atoms with van der Waals surface area (Å²) >= 11 is 0. The largest absolute Gasteiger partial charge is 0.480 e. The molecule has 0 saturated heterocycles. The molecule has 1 amide bonds. The molecule has 130 valence electrons. The van der Waals surface area contributed by atoms with Gasteiger partial charge in [0.05, 0.1) is 0 Å². The molecule has 8 nitrogen and oxygen atoms in total. The average Bonchev–Trinajstić information content (AvgIpc) is 2.43. The second kappa shape index (κ2) is 8.09. The Bertz CT molecular complexity index is 681. The Morgan fingerprint density at radius 2 is 1.67 bits per heavy atom. The van der Waals surface area contributed by atoms with Gasteiger partial charge in [0.2, 0.25) is 5.91 Å². The minimum absolute atomic E-state index is 0.0185. The first-order valence-electron chi connectivity index (χ1n) is 7.11. The maximum atomic E-state index is 11.3. The van der Waals surface area contributed by atoms with E-state index in [9.17, 15) is 24.3 Å². The molecule has 1 aromatic carbocycles. The lowest BCUT2D eigenvalue weighted by atomic mass is 9.99. The van der Waals surface area contributed by atoms with Crippen molar-refractivity contribution in [2.24, 2.45) is 0 Å². The Balaban J connectivity index is 3.24. The number of benzene rings is 1. The van der Waals surface area contributed by atoms with E-state index in [-0.39, 0.29) is 17.9 Å². The van der Waals surface area contributed by atoms with Gasteiger partial charge in [0.15, 0.2) is 11.5 Å². The van der Waals surface area contributed by atoms with Crippen LogP contribution in [0.1, 0.15) is 31.9 Å². The molecule has 0 aromatic heterocycles. The van der Waals surface area contributed by atoms with E-state index in [1.807, 2.05) is 0 Å². The molecule has 0 spiro atoms. The van der Waals surface area contributed by atoms with Crippen molar-refractivity contribution in [3.05, 3.63) is 23.3 Å². The molecule has 2 N–H and O–H groups in total. The number of hydrogen-bond acceptors (Lipinski definition) is 6. The van der Waals surface area contributed by atoms with Crippen LogP contribution in [0, 0.1) is 6.92 Å². The zero-order valence-corrected chi connectivity index (χ0v) is 13.8. The van der Waals surface area contributed by atoms with Crippen LogP contribution in [0.3, 0.4) is 0 Å². The smallest absolute Gasteiger partial charge is 0.326 e. The Kier molecular flexibility index (Phi) is 6.46. The van der Waals surface area contributed by atoms with E-state index >= 15 is 0 Å². The first-order valence-corrected chi connectivity index (χ1v) is 7.11. The van der Waals surface area contributed by atoms with Gasteiger partial charge in [-0.05, 0) is 24.1 Å². The molecule has 0 aliphatic carbocycles. The molecule has 8 heteroatoms. The average molecular weight is 337 g/mol. The maximum absolute atomic E-state index is 11.3. The lowest BCUT2D eigenvalue weighted by Crippen LogP contribution is -2.41. The van der Waals surface area contributed by atoms with Crippen LogP contribution in [0.25, 0.3) is 0 Å². The van der Waals surface area contributed by atoms with Gasteiger partial charge in [-0.2, -0.15) is 0 Å². The highest BCUT2D eigenvalue weighted by Crippen LogP contribution is 2.34. The molecular formula is C16H19NO7. The van der Waals surface area contributed by atoms with Crippen molar-refractivity contribution in [2.45, 2.75) is 40.2 Å². The second-order valence-corrected chi connectivity index (χ2v) is 5.16. The third-order valence-electron chi connectivity index (χ3n) is 3.08. The first-order chi connectivity index (χ1) is 11.1. The van der Waals surface area contributed by atoms with Gasteiger partial charge in [0.1, 0.15) is 6.04 Å². The normalized spacial score (nSPS) is 11.3. The van der Waals surface area contributed by atoms with Crippen molar-refractivity contribution < 1.29 is 33.8 Å². The van der Waals surface area contributed by atoms with Gasteiger partial charge in [-0.25, -0.2) is 4.79 Å². The fourth-order valence-corrected chi connectivity index (χ4v) is 2.10. The standard InChI is InChI=1S/C16H19NO7/c1-8-12(7-13(16(21)22)17-9(2)18)5-6-14(23-10(3)19)15(8)24-11(4)20/h5-6,13H,7H2,1-4H3,(H,17,18)(H,21,22). The van der Waals surface area contributed by atoms with Gasteiger partial charge >= 0.3 is 17.9 Å². The highest BCUT2D eigenvalue weighted by molar-refractivity contribution is 5.82. The fourth-order valence-electron chi connectivity index (χ4n) is 2.10. The highest BCUT2D eigenvalue weighted by Gasteiger charge is 2.23. The zero-order chi connectivity index (χ0) is 18.4. The quantitative estimate of drug-likeness (QED) is 0.586. The first kappa shape index (κ1) is 19.1. The van der Waals surface area contributed by atoms with E-state index in [1.54, 1.807) is 13.0 Å². The Hall–Kier alpha value is -2.90. The van der Waals surface area contributed by atoms with E-state index in [2.05, 4.69) is 5.32 Å². The fraction of sp³-hybridized carbons (Fsp3) is 0.375. The zero-order valence-electron chi connectivity index (χ0n) is 13.8. The van der Waals surface area contributed by atoms with Crippen LogP contribution in [0.4, 0.5) is 0 Å². The maximum Gasteiger partial charge on any atom is 0.326 e. The van der Waals surface area contributed by atoms with Crippen molar-refractivity contribution in [1.29, 1.82) is 0 Å². The summed E-state index contributed by atoms with van der Waals surface area (Å²) in [6.45, 7) is 5.23. The lowest BCUT2D eigenvalue weighted by molar-refractivity contribution is -0.141. The molecule has 0 radical (unpaired) electrons. The summed E-state index contributed by atoms with van der Waals surface area (Å²) in [6, 6.07) is 1.83. The molecule has 1 rings (SSSR count). The summed E-state index contributed by atoms with van der Waals surface area (Å²) in [4.78, 5) is 44.8. The number of carboxylic acids is 1. The number of rotatable bonds is 6. The third-order valence-corrected chi connectivity index (χ3v) is 3.08. The molecule has 1 aromatic rings. The summed E-state index contributed by atoms with van der Waals surface area (Å²) in [5.74, 6) is -2.76. The van der Waals surface area contributed by atoms with Gasteiger partial charge in [0, 0.05) is 27.2 Å². The summed E-state index contributed by atoms with van der Waals surface area (Å²) in [6.07, 6.45) is -0.0185. The van der Waals surface area contributed by atoms with Crippen LogP contribution >= 0.6 is 0 Å². The van der Waals surface area contributed by atoms with Crippen molar-refractivity contribution in [3.8, 4) is 11.5 Å². The van der Waals surface area contributed by atoms with Gasteiger partial charge in [0.25, 0.3) is 0 Å². The lowest BCUT2D eigenvalue weighted by Gasteiger charge is -2.18. The van der Waals surface area contributed by atoms with E-state index in [0.29, 0.717) is 11.1 Å². The summed E-state index contributed by atoms with van der Waals surface area (Å²) < 4.78 is 10.1. The number of esters is 2. The molecule has 0 heterocycles. The van der Waals surface area contributed by atoms with Crippen molar-refractivity contribution in [2.75, 3.05) is 0 Å². The van der Waals surface area contributed by atoms with E-state index in [0.717, 1.165) is 0 Å². The number of amides is 1. The number of carbonyl (C=O) groups is 4. The molecular weight excluding hydrogens is 318 g/mol. The Labute approximate surface area is 138 Å². The SMILES string of the molecule is CC(=O)NC(Cc1ccc(OC(C)=O)c(OC(C)=O)c1C)C(=O)O. The number of hydrogen-bond donors (Lipinski definition) is 2. The van der Waals surface area contributed by atoms with Crippen molar-refractivity contribution in [1.82, 2.24) is 5.32 Å². The van der Waals surface area contributed by atoms with Crippen LogP contribution < -0.4 is 14.8 Å². The number of aliphatic carboxylic acids is 1. The molecule has 0 bridgehead atoms. The van der Waals surface area contributed by atoms with Gasteiger partial charge in [-0.1, -0.05) is 6.07 Å². The van der Waals surface area contributed by atoms with Crippen LogP contribution in [-0.4, -0.2) is 35.0 Å². The number of nitrogens with one attached hydrogen (secondary N) is 1. The Morgan fingerprint density at radius 1 is 1.08 bits per heavy atom. The predicted octanol–water partition coefficient (Wildman–Crippen LogP) is 0.977. The molecule has 1 unspecified atom stereocenters. The summed E-state index contributed by atoms with van der Waals surface area (Å²) in [5.41, 5.74) is 0.976. The van der Waals surface area contributed by atoms with Crippen molar-refractivity contribution >= 4 is 23.8 Å². The molecule has 24 heavy (non-hydrogen) atoms. The molecule has 1 atom stereocenters. The highest BCUT2D eigenvalue weighted by atomic mass is 16.6. The van der Waals surface area contributed by atoms with E-state index < -0.39 is 29.9 Å². The van der Waals surface area contributed by atoms with Gasteiger partial charge < -0.3 is 19.9 Å². The Morgan fingerprint density at radius 3 is 2.12 bits per heavy atom. The number of carboxylic acid groups (broad SMARTS) is 1. The van der Waals surface area contributed by atoms with Gasteiger partial charge in [-0.3, -0.25) is 14.4 Å². The topological polar surface area (TPSA) is 119 Å². The van der Waals surface area contributed by atoms with Gasteiger partial charge in [-0.15, -0.1) is 0 Å². The third kappa shape index (κ3) is 5.38. The molecule has 0 fully saturated rings. The number of carbonyl (C=O) groups excluding carboxylic acids is 3. The summed E-state index contributed by atoms with van der Waals surface area (Å²) in [5, 5.41) is 11.5. The minimum atomic E-state index is -1.19. The summed E-state index contributed by atoms with van der Waals surface area (Å²) in [7, 11) is 0.